The molecule has 0 unspecified atom stereocenters. The minimum Gasteiger partial charge on any atom is -0.279 e. The summed E-state index contributed by atoms with van der Waals surface area (Å²) in [5.74, 6) is 2.42. The van der Waals surface area contributed by atoms with Crippen molar-refractivity contribution in [2.75, 3.05) is 0 Å². The highest BCUT2D eigenvalue weighted by molar-refractivity contribution is 6.84. The maximum Gasteiger partial charge on any atom is 0.252 e. The molecule has 88 valence electrons. The van der Waals surface area contributed by atoms with Crippen molar-refractivity contribution < 1.29 is 9.59 Å². The van der Waals surface area contributed by atoms with Crippen LogP contribution in [0.4, 0.5) is 0 Å². The van der Waals surface area contributed by atoms with E-state index in [1.54, 1.807) is 12.1 Å². The zero-order chi connectivity index (χ0) is 13.1. The molecule has 0 radical (unpaired) electrons. The first-order valence-corrected chi connectivity index (χ1v) is 9.05. The highest BCUT2D eigenvalue weighted by Gasteiger charge is 2.09. The molecule has 0 N–H and O–H groups in total. The van der Waals surface area contributed by atoms with Crippen molar-refractivity contribution in [1.29, 1.82) is 0 Å². The zero-order valence-electron chi connectivity index (χ0n) is 10.0. The lowest BCUT2D eigenvalue weighted by Crippen LogP contribution is -2.17. The van der Waals surface area contributed by atoms with E-state index >= 15 is 0 Å². The summed E-state index contributed by atoms with van der Waals surface area (Å²) < 4.78 is 0. The second-order valence-corrected chi connectivity index (χ2v) is 9.77. The van der Waals surface area contributed by atoms with E-state index in [4.69, 9.17) is 11.6 Å². The molecule has 1 aromatic rings. The first-order valence-electron chi connectivity index (χ1n) is 5.17. The topological polar surface area (TPSA) is 34.1 Å². The van der Waals surface area contributed by atoms with Gasteiger partial charge in [-0.15, -0.1) is 5.54 Å². The number of rotatable bonds is 2. The van der Waals surface area contributed by atoms with Gasteiger partial charge in [0.25, 0.3) is 5.24 Å². The summed E-state index contributed by atoms with van der Waals surface area (Å²) in [6, 6.07) is 6.19. The Hall–Kier alpha value is -1.37. The Morgan fingerprint density at radius 2 is 1.53 bits per heavy atom. The number of hydrogen-bond acceptors (Lipinski definition) is 2. The standard InChI is InChI=1S/C13H13ClO2Si/c1-17(2,3)9-8-12(15)10-4-6-11(7-5-10)13(14)16/h4-7H,1-3H3. The summed E-state index contributed by atoms with van der Waals surface area (Å²) in [7, 11) is -1.54. The number of benzene rings is 1. The fraction of sp³-hybridized carbons (Fsp3) is 0.231. The van der Waals surface area contributed by atoms with Gasteiger partial charge in [0.15, 0.2) is 0 Å². The van der Waals surface area contributed by atoms with Crippen LogP contribution in [0.15, 0.2) is 24.3 Å². The van der Waals surface area contributed by atoms with E-state index in [0.717, 1.165) is 0 Å². The predicted molar refractivity (Wildman–Crippen MR) is 72.1 cm³/mol. The van der Waals surface area contributed by atoms with Gasteiger partial charge in [0, 0.05) is 11.1 Å². The fourth-order valence-electron chi connectivity index (χ4n) is 1.07. The third-order valence-corrected chi connectivity index (χ3v) is 3.02. The Labute approximate surface area is 107 Å². The molecule has 1 rings (SSSR count). The second kappa shape index (κ2) is 5.31. The normalized spacial score (nSPS) is 10.4. The summed E-state index contributed by atoms with van der Waals surface area (Å²) in [4.78, 5) is 22.5. The van der Waals surface area contributed by atoms with Crippen LogP contribution in [0.25, 0.3) is 0 Å². The van der Waals surface area contributed by atoms with Crippen LogP contribution < -0.4 is 0 Å². The van der Waals surface area contributed by atoms with E-state index in [0.29, 0.717) is 11.1 Å². The first-order chi connectivity index (χ1) is 7.79. The molecule has 1 aromatic carbocycles. The third-order valence-electron chi connectivity index (χ3n) is 1.93. The number of Topliss-reactive ketones (excluding diaryl/α,β-unsaturated/α-hetero) is 1. The highest BCUT2D eigenvalue weighted by Crippen LogP contribution is 2.07. The molecule has 17 heavy (non-hydrogen) atoms. The predicted octanol–water partition coefficient (Wildman–Crippen LogP) is 3.13. The van der Waals surface area contributed by atoms with Crippen LogP contribution in [0.1, 0.15) is 20.7 Å². The minimum absolute atomic E-state index is 0.221. The van der Waals surface area contributed by atoms with Gasteiger partial charge in [0.1, 0.15) is 8.07 Å². The number of halogens is 1. The van der Waals surface area contributed by atoms with Crippen LogP contribution in [-0.4, -0.2) is 19.1 Å². The number of hydrogen-bond donors (Lipinski definition) is 0. The van der Waals surface area contributed by atoms with Gasteiger partial charge in [0.2, 0.25) is 5.78 Å². The molecule has 0 heterocycles. The molecule has 2 nitrogen and oxygen atoms in total. The molecule has 0 aliphatic carbocycles. The molecule has 4 heteroatoms. The summed E-state index contributed by atoms with van der Waals surface area (Å²) in [5, 5.41) is -0.530. The Morgan fingerprint density at radius 3 is 1.94 bits per heavy atom. The maximum absolute atomic E-state index is 11.7. The van der Waals surface area contributed by atoms with Crippen LogP contribution in [0, 0.1) is 11.5 Å². The summed E-state index contributed by atoms with van der Waals surface area (Å²) in [5.41, 5.74) is 3.86. The maximum atomic E-state index is 11.7. The van der Waals surface area contributed by atoms with Gasteiger partial charge >= 0.3 is 0 Å². The lowest BCUT2D eigenvalue weighted by molar-refractivity contribution is 0.105. The Balaban J connectivity index is 2.90. The van der Waals surface area contributed by atoms with E-state index in [9.17, 15) is 9.59 Å². The van der Waals surface area contributed by atoms with Crippen molar-refractivity contribution in [3.8, 4) is 11.5 Å². The Kier molecular flexibility index (Phi) is 4.27. The van der Waals surface area contributed by atoms with E-state index in [1.807, 2.05) is 0 Å². The average molecular weight is 265 g/mol. The molecule has 0 saturated carbocycles. The van der Waals surface area contributed by atoms with Gasteiger partial charge in [-0.2, -0.15) is 0 Å². The monoisotopic (exact) mass is 264 g/mol. The van der Waals surface area contributed by atoms with E-state index < -0.39 is 13.3 Å². The molecule has 0 saturated heterocycles. The lowest BCUT2D eigenvalue weighted by atomic mass is 10.1. The lowest BCUT2D eigenvalue weighted by Gasteiger charge is -2.03. The van der Waals surface area contributed by atoms with E-state index in [2.05, 4.69) is 31.1 Å². The minimum atomic E-state index is -1.54. The van der Waals surface area contributed by atoms with E-state index in [-0.39, 0.29) is 5.78 Å². The Morgan fingerprint density at radius 1 is 1.06 bits per heavy atom. The van der Waals surface area contributed by atoms with Crippen molar-refractivity contribution in [3.05, 3.63) is 35.4 Å². The third kappa shape index (κ3) is 4.56. The van der Waals surface area contributed by atoms with Gasteiger partial charge in [-0.3, -0.25) is 9.59 Å². The molecule has 0 aliphatic rings. The molecular weight excluding hydrogens is 252 g/mol. The number of carbonyl (C=O) groups is 2. The molecule has 0 atom stereocenters. The van der Waals surface area contributed by atoms with Gasteiger partial charge in [-0.25, -0.2) is 0 Å². The quantitative estimate of drug-likeness (QED) is 0.356. The van der Waals surface area contributed by atoms with Crippen molar-refractivity contribution in [2.45, 2.75) is 19.6 Å². The largest absolute Gasteiger partial charge is 0.279 e. The van der Waals surface area contributed by atoms with Gasteiger partial charge in [-0.1, -0.05) is 19.6 Å². The number of ketones is 1. The molecule has 0 amide bonds. The molecule has 0 fully saturated rings. The van der Waals surface area contributed by atoms with Crippen molar-refractivity contribution >= 4 is 30.7 Å². The number of carbonyl (C=O) groups excluding carboxylic acids is 2. The summed E-state index contributed by atoms with van der Waals surface area (Å²) >= 11 is 5.31. The first kappa shape index (κ1) is 13.7. The zero-order valence-corrected chi connectivity index (χ0v) is 11.8. The second-order valence-electron chi connectivity index (χ2n) is 4.68. The molecule has 0 aliphatic heterocycles. The Bertz CT molecular complexity index is 501. The average Bonchev–Trinajstić information content (AvgIpc) is 2.25. The summed E-state index contributed by atoms with van der Waals surface area (Å²) in [6.45, 7) is 6.22. The smallest absolute Gasteiger partial charge is 0.252 e. The van der Waals surface area contributed by atoms with Crippen molar-refractivity contribution in [3.63, 3.8) is 0 Å². The van der Waals surface area contributed by atoms with Crippen LogP contribution in [0.3, 0.4) is 0 Å². The fourth-order valence-corrected chi connectivity index (χ4v) is 1.68. The van der Waals surface area contributed by atoms with Crippen LogP contribution >= 0.6 is 11.6 Å². The molecular formula is C13H13ClO2Si. The van der Waals surface area contributed by atoms with E-state index in [1.165, 1.54) is 12.1 Å². The van der Waals surface area contributed by atoms with Crippen molar-refractivity contribution in [2.24, 2.45) is 0 Å². The van der Waals surface area contributed by atoms with Gasteiger partial charge in [-0.05, 0) is 41.8 Å². The summed E-state index contributed by atoms with van der Waals surface area (Å²) in [6.07, 6.45) is 0. The SMILES string of the molecule is C[Si](C)(C)C#CC(=O)c1ccc(C(=O)Cl)cc1. The van der Waals surface area contributed by atoms with Crippen LogP contribution in [0.5, 0.6) is 0 Å². The van der Waals surface area contributed by atoms with Crippen molar-refractivity contribution in [1.82, 2.24) is 0 Å². The van der Waals surface area contributed by atoms with Crippen LogP contribution in [0.2, 0.25) is 19.6 Å². The van der Waals surface area contributed by atoms with Gasteiger partial charge in [0.05, 0.1) is 0 Å². The molecule has 0 spiro atoms. The molecule has 0 aromatic heterocycles. The highest BCUT2D eigenvalue weighted by atomic mass is 35.5. The molecule has 0 bridgehead atoms. The van der Waals surface area contributed by atoms with Crippen LogP contribution in [-0.2, 0) is 0 Å². The van der Waals surface area contributed by atoms with Gasteiger partial charge < -0.3 is 0 Å².